The van der Waals surface area contributed by atoms with Crippen LogP contribution < -0.4 is 16.4 Å². The molecule has 0 aliphatic carbocycles. The minimum atomic E-state index is -0.532. The van der Waals surface area contributed by atoms with Crippen molar-refractivity contribution in [3.63, 3.8) is 0 Å². The van der Waals surface area contributed by atoms with Crippen LogP contribution in [-0.2, 0) is 4.79 Å². The highest BCUT2D eigenvalue weighted by Crippen LogP contribution is 2.06. The average Bonchev–Trinajstić information content (AvgIpc) is 2.50. The molecule has 4 N–H and O–H groups in total. The second-order valence-electron chi connectivity index (χ2n) is 6.70. The smallest absolute Gasteiger partial charge is 0.251 e. The lowest BCUT2D eigenvalue weighted by Crippen LogP contribution is -2.51. The molecule has 128 valence electrons. The van der Waals surface area contributed by atoms with Gasteiger partial charge in [-0.3, -0.25) is 9.59 Å². The number of benzene rings is 1. The van der Waals surface area contributed by atoms with Crippen LogP contribution in [0.25, 0.3) is 0 Å². The van der Waals surface area contributed by atoms with Gasteiger partial charge in [-0.25, -0.2) is 0 Å². The average molecular weight is 319 g/mol. The molecule has 2 atom stereocenters. The van der Waals surface area contributed by atoms with Crippen LogP contribution in [-0.4, -0.2) is 30.4 Å². The van der Waals surface area contributed by atoms with Gasteiger partial charge in [-0.15, -0.1) is 0 Å². The minimum Gasteiger partial charge on any atom is -0.353 e. The number of nitrogens with two attached hydrogens (primary N) is 1. The third kappa shape index (κ3) is 6.02. The lowest BCUT2D eigenvalue weighted by molar-refractivity contribution is -0.123. The van der Waals surface area contributed by atoms with Crippen molar-refractivity contribution in [3.05, 3.63) is 35.4 Å². The van der Waals surface area contributed by atoms with Crippen LogP contribution in [0.5, 0.6) is 0 Å². The van der Waals surface area contributed by atoms with Crippen LogP contribution in [0.3, 0.4) is 0 Å². The molecule has 0 saturated carbocycles. The number of aryl methyl sites for hydroxylation is 1. The summed E-state index contributed by atoms with van der Waals surface area (Å²) < 4.78 is 0. The molecule has 0 radical (unpaired) electrons. The van der Waals surface area contributed by atoms with Crippen molar-refractivity contribution in [3.8, 4) is 0 Å². The molecule has 0 fully saturated rings. The molecule has 5 nitrogen and oxygen atoms in total. The maximum Gasteiger partial charge on any atom is 0.251 e. The van der Waals surface area contributed by atoms with Gasteiger partial charge in [-0.2, -0.15) is 0 Å². The van der Waals surface area contributed by atoms with Gasteiger partial charge in [0, 0.05) is 18.2 Å². The van der Waals surface area contributed by atoms with Crippen LogP contribution in [0.15, 0.2) is 24.3 Å². The quantitative estimate of drug-likeness (QED) is 0.717. The molecule has 0 bridgehead atoms. The number of hydrogen-bond donors (Lipinski definition) is 3. The van der Waals surface area contributed by atoms with E-state index in [1.165, 1.54) is 0 Å². The van der Waals surface area contributed by atoms with Gasteiger partial charge >= 0.3 is 0 Å². The van der Waals surface area contributed by atoms with Crippen molar-refractivity contribution >= 4 is 11.8 Å². The van der Waals surface area contributed by atoms with E-state index in [1.807, 2.05) is 46.8 Å². The van der Waals surface area contributed by atoms with E-state index >= 15 is 0 Å². The number of nitrogens with one attached hydrogen (secondary N) is 2. The molecule has 2 amide bonds. The Morgan fingerprint density at radius 1 is 1.04 bits per heavy atom. The zero-order valence-corrected chi connectivity index (χ0v) is 14.7. The number of amides is 2. The lowest BCUT2D eigenvalue weighted by Gasteiger charge is -2.24. The molecule has 0 aromatic heterocycles. The second-order valence-corrected chi connectivity index (χ2v) is 6.70. The zero-order chi connectivity index (χ0) is 17.6. The zero-order valence-electron chi connectivity index (χ0n) is 14.7. The molecule has 0 spiro atoms. The van der Waals surface area contributed by atoms with E-state index in [1.54, 1.807) is 12.1 Å². The molecule has 0 aliphatic rings. The van der Waals surface area contributed by atoms with Crippen LogP contribution in [0.2, 0.25) is 0 Å². The van der Waals surface area contributed by atoms with E-state index in [0.717, 1.165) is 5.56 Å². The molecule has 1 aromatic rings. The van der Waals surface area contributed by atoms with Crippen molar-refractivity contribution in [1.29, 1.82) is 0 Å². The molecule has 0 unspecified atom stereocenters. The van der Waals surface area contributed by atoms with Crippen LogP contribution in [0.4, 0.5) is 0 Å². The fourth-order valence-electron chi connectivity index (χ4n) is 2.04. The van der Waals surface area contributed by atoms with Crippen LogP contribution in [0, 0.1) is 18.8 Å². The largest absolute Gasteiger partial charge is 0.353 e. The van der Waals surface area contributed by atoms with Crippen molar-refractivity contribution < 1.29 is 9.59 Å². The predicted octanol–water partition coefficient (Wildman–Crippen LogP) is 1.85. The Labute approximate surface area is 139 Å². The first-order chi connectivity index (χ1) is 10.7. The molecular formula is C18H29N3O2. The Hall–Kier alpha value is -1.88. The third-order valence-electron chi connectivity index (χ3n) is 3.95. The highest BCUT2D eigenvalue weighted by atomic mass is 16.2. The summed E-state index contributed by atoms with van der Waals surface area (Å²) in [5, 5.41) is 5.81. The second kappa shape index (κ2) is 8.67. The number of carbonyl (C=O) groups excluding carboxylic acids is 2. The summed E-state index contributed by atoms with van der Waals surface area (Å²) in [4.78, 5) is 24.3. The van der Waals surface area contributed by atoms with E-state index < -0.39 is 6.04 Å². The third-order valence-corrected chi connectivity index (χ3v) is 3.95. The highest BCUT2D eigenvalue weighted by molar-refractivity contribution is 5.94. The SMILES string of the molecule is Cc1ccc(C(=O)N[C@H](CNC(=O)[C@@H](N)C(C)C)C(C)C)cc1. The summed E-state index contributed by atoms with van der Waals surface area (Å²) in [6.07, 6.45) is 0. The van der Waals surface area contributed by atoms with E-state index in [0.29, 0.717) is 12.1 Å². The molecule has 5 heteroatoms. The van der Waals surface area contributed by atoms with Gasteiger partial charge in [0.2, 0.25) is 5.91 Å². The summed E-state index contributed by atoms with van der Waals surface area (Å²) in [5.74, 6) is -0.0454. The summed E-state index contributed by atoms with van der Waals surface area (Å²) >= 11 is 0. The Kier molecular flexibility index (Phi) is 7.23. The first-order valence-electron chi connectivity index (χ1n) is 8.13. The van der Waals surface area contributed by atoms with Gasteiger partial charge in [-0.1, -0.05) is 45.4 Å². The topological polar surface area (TPSA) is 84.2 Å². The molecular weight excluding hydrogens is 290 g/mol. The Balaban J connectivity index is 2.63. The molecule has 23 heavy (non-hydrogen) atoms. The summed E-state index contributed by atoms with van der Waals surface area (Å²) in [6.45, 7) is 10.2. The molecule has 0 saturated heterocycles. The summed E-state index contributed by atoms with van der Waals surface area (Å²) in [6, 6.07) is 6.73. The summed E-state index contributed by atoms with van der Waals surface area (Å²) in [5.41, 5.74) is 7.55. The highest BCUT2D eigenvalue weighted by Gasteiger charge is 2.21. The monoisotopic (exact) mass is 319 g/mol. The maximum absolute atomic E-state index is 12.3. The molecule has 0 heterocycles. The number of carbonyl (C=O) groups is 2. The van der Waals surface area contributed by atoms with Crippen LogP contribution >= 0.6 is 0 Å². The van der Waals surface area contributed by atoms with Gasteiger partial charge in [0.1, 0.15) is 0 Å². The van der Waals surface area contributed by atoms with Crippen LogP contribution in [0.1, 0.15) is 43.6 Å². The normalized spacial score (nSPS) is 13.7. The van der Waals surface area contributed by atoms with Crippen molar-refractivity contribution in [2.24, 2.45) is 17.6 Å². The lowest BCUT2D eigenvalue weighted by atomic mass is 10.0. The molecule has 1 rings (SSSR count). The van der Waals surface area contributed by atoms with E-state index in [2.05, 4.69) is 10.6 Å². The molecule has 0 aliphatic heterocycles. The van der Waals surface area contributed by atoms with E-state index in [4.69, 9.17) is 5.73 Å². The minimum absolute atomic E-state index is 0.0784. The maximum atomic E-state index is 12.3. The predicted molar refractivity (Wildman–Crippen MR) is 93.1 cm³/mol. The van der Waals surface area contributed by atoms with Gasteiger partial charge in [0.25, 0.3) is 5.91 Å². The molecule has 1 aromatic carbocycles. The first-order valence-corrected chi connectivity index (χ1v) is 8.13. The van der Waals surface area contributed by atoms with Crippen molar-refractivity contribution in [2.45, 2.75) is 46.7 Å². The standard InChI is InChI=1S/C18H29N3O2/c1-11(2)15(10-20-18(23)16(19)12(3)4)21-17(22)14-8-6-13(5)7-9-14/h6-9,11-12,15-16H,10,19H2,1-5H3,(H,20,23)(H,21,22)/t15-,16+/m1/s1. The number of rotatable bonds is 7. The van der Waals surface area contributed by atoms with E-state index in [9.17, 15) is 9.59 Å². The van der Waals surface area contributed by atoms with Crippen molar-refractivity contribution in [2.75, 3.05) is 6.54 Å². The van der Waals surface area contributed by atoms with Gasteiger partial charge in [0.05, 0.1) is 6.04 Å². The Morgan fingerprint density at radius 3 is 2.09 bits per heavy atom. The van der Waals surface area contributed by atoms with Gasteiger partial charge in [0.15, 0.2) is 0 Å². The van der Waals surface area contributed by atoms with Gasteiger partial charge < -0.3 is 16.4 Å². The fourth-order valence-corrected chi connectivity index (χ4v) is 2.04. The Bertz CT molecular complexity index is 524. The summed E-state index contributed by atoms with van der Waals surface area (Å²) in [7, 11) is 0. The van der Waals surface area contributed by atoms with Crippen molar-refractivity contribution in [1.82, 2.24) is 10.6 Å². The van der Waals surface area contributed by atoms with E-state index in [-0.39, 0.29) is 29.7 Å². The fraction of sp³-hybridized carbons (Fsp3) is 0.556. The number of hydrogen-bond acceptors (Lipinski definition) is 3. The Morgan fingerprint density at radius 2 is 1.61 bits per heavy atom. The first kappa shape index (κ1) is 19.2. The van der Waals surface area contributed by atoms with Gasteiger partial charge in [-0.05, 0) is 30.9 Å².